The van der Waals surface area contributed by atoms with Crippen molar-refractivity contribution in [3.8, 4) is 5.75 Å². The first-order valence-electron chi connectivity index (χ1n) is 10.7. The van der Waals surface area contributed by atoms with Crippen molar-refractivity contribution in [2.45, 2.75) is 44.0 Å². The van der Waals surface area contributed by atoms with E-state index >= 15 is 0 Å². The van der Waals surface area contributed by atoms with Crippen molar-refractivity contribution in [3.05, 3.63) is 53.1 Å². The first-order valence-corrected chi connectivity index (χ1v) is 12.5. The summed E-state index contributed by atoms with van der Waals surface area (Å²) in [7, 11) is -3.68. The number of fused-ring (bicyclic) bond motifs is 1. The molecule has 0 unspecified atom stereocenters. The molecule has 0 radical (unpaired) electrons. The average Bonchev–Trinajstić information content (AvgIpc) is 3.10. The predicted molar refractivity (Wildman–Crippen MR) is 121 cm³/mol. The van der Waals surface area contributed by atoms with Crippen LogP contribution in [-0.2, 0) is 21.2 Å². The van der Waals surface area contributed by atoms with Gasteiger partial charge in [0, 0.05) is 30.7 Å². The van der Waals surface area contributed by atoms with Crippen LogP contribution >= 0.6 is 11.6 Å². The summed E-state index contributed by atoms with van der Waals surface area (Å²) < 4.78 is 33.0. The molecular weight excluding hydrogens is 436 g/mol. The summed E-state index contributed by atoms with van der Waals surface area (Å²) in [4.78, 5) is 15.3. The molecule has 0 N–H and O–H groups in total. The Kier molecular flexibility index (Phi) is 6.28. The van der Waals surface area contributed by atoms with Gasteiger partial charge >= 0.3 is 0 Å². The van der Waals surface area contributed by atoms with E-state index in [0.29, 0.717) is 38.3 Å². The number of sulfonamides is 1. The van der Waals surface area contributed by atoms with Gasteiger partial charge in [-0.25, -0.2) is 8.42 Å². The highest BCUT2D eigenvalue weighted by Crippen LogP contribution is 2.35. The third kappa shape index (κ3) is 4.19. The summed E-state index contributed by atoms with van der Waals surface area (Å²) in [5.41, 5.74) is 2.18. The second-order valence-electron chi connectivity index (χ2n) is 8.09. The van der Waals surface area contributed by atoms with E-state index in [4.69, 9.17) is 16.3 Å². The molecular formula is C23H27ClN2O4S. The third-order valence-electron chi connectivity index (χ3n) is 6.09. The van der Waals surface area contributed by atoms with Gasteiger partial charge in [0.1, 0.15) is 5.75 Å². The van der Waals surface area contributed by atoms with Gasteiger partial charge in [-0.15, -0.1) is 0 Å². The summed E-state index contributed by atoms with van der Waals surface area (Å²) in [5.74, 6) is 0.384. The molecule has 1 fully saturated rings. The molecule has 0 aliphatic carbocycles. The van der Waals surface area contributed by atoms with E-state index in [2.05, 4.69) is 13.0 Å². The van der Waals surface area contributed by atoms with Crippen LogP contribution < -0.4 is 9.64 Å². The van der Waals surface area contributed by atoms with Gasteiger partial charge < -0.3 is 9.64 Å². The fourth-order valence-corrected chi connectivity index (χ4v) is 6.30. The van der Waals surface area contributed by atoms with Crippen molar-refractivity contribution in [3.63, 3.8) is 0 Å². The fourth-order valence-electron chi connectivity index (χ4n) is 4.50. The number of ether oxygens (including phenoxy) is 1. The molecule has 2 aromatic carbocycles. The van der Waals surface area contributed by atoms with Crippen LogP contribution in [0, 0.1) is 5.92 Å². The third-order valence-corrected chi connectivity index (χ3v) is 8.28. The predicted octanol–water partition coefficient (Wildman–Crippen LogP) is 4.12. The highest BCUT2D eigenvalue weighted by atomic mass is 35.5. The number of piperidine rings is 1. The molecule has 2 heterocycles. The molecule has 6 nitrogen and oxygen atoms in total. The zero-order valence-electron chi connectivity index (χ0n) is 17.8. The van der Waals surface area contributed by atoms with Crippen LogP contribution in [0.15, 0.2) is 47.4 Å². The first-order chi connectivity index (χ1) is 14.8. The molecule has 0 bridgehead atoms. The number of halogens is 1. The molecule has 0 aromatic heterocycles. The number of amides is 1. The number of hydrogen-bond acceptors (Lipinski definition) is 4. The van der Waals surface area contributed by atoms with Gasteiger partial charge in [-0.1, -0.05) is 29.8 Å². The normalized spacial score (nSPS) is 20.0. The fraction of sp³-hybridized carbons (Fsp3) is 0.435. The number of nitrogens with zero attached hydrogens (tertiary/aromatic N) is 2. The van der Waals surface area contributed by atoms with Crippen molar-refractivity contribution in [1.29, 1.82) is 0 Å². The Labute approximate surface area is 188 Å². The molecule has 2 aliphatic rings. The number of para-hydroxylation sites is 1. The lowest BCUT2D eigenvalue weighted by atomic mass is 9.96. The van der Waals surface area contributed by atoms with Crippen molar-refractivity contribution in [2.75, 3.05) is 24.6 Å². The van der Waals surface area contributed by atoms with E-state index in [0.717, 1.165) is 12.1 Å². The molecule has 2 aliphatic heterocycles. The Morgan fingerprint density at radius 1 is 1.16 bits per heavy atom. The lowest BCUT2D eigenvalue weighted by molar-refractivity contribution is -0.123. The topological polar surface area (TPSA) is 66.9 Å². The minimum Gasteiger partial charge on any atom is -0.492 e. The van der Waals surface area contributed by atoms with E-state index in [-0.39, 0.29) is 27.8 Å². The van der Waals surface area contributed by atoms with E-state index in [1.165, 1.54) is 22.0 Å². The van der Waals surface area contributed by atoms with Gasteiger partial charge in [-0.2, -0.15) is 4.31 Å². The van der Waals surface area contributed by atoms with Crippen LogP contribution in [-0.4, -0.2) is 44.4 Å². The summed E-state index contributed by atoms with van der Waals surface area (Å²) in [5, 5.41) is 0.273. The number of carbonyl (C=O) groups is 1. The Morgan fingerprint density at radius 2 is 1.87 bits per heavy atom. The summed E-state index contributed by atoms with van der Waals surface area (Å²) in [6, 6.07) is 12.7. The van der Waals surface area contributed by atoms with E-state index in [1.54, 1.807) is 6.07 Å². The summed E-state index contributed by atoms with van der Waals surface area (Å²) in [6.45, 7) is 4.98. The number of hydrogen-bond donors (Lipinski definition) is 0. The van der Waals surface area contributed by atoms with Crippen LogP contribution in [0.1, 0.15) is 32.3 Å². The van der Waals surface area contributed by atoms with Gasteiger partial charge in [0.2, 0.25) is 15.9 Å². The number of anilines is 1. The molecule has 31 heavy (non-hydrogen) atoms. The Morgan fingerprint density at radius 3 is 2.55 bits per heavy atom. The van der Waals surface area contributed by atoms with E-state index in [9.17, 15) is 13.2 Å². The minimum atomic E-state index is -3.68. The van der Waals surface area contributed by atoms with Crippen LogP contribution in [0.25, 0.3) is 0 Å². The Bertz CT molecular complexity index is 1080. The molecule has 2 aromatic rings. The maximum atomic E-state index is 13.3. The summed E-state index contributed by atoms with van der Waals surface area (Å²) >= 11 is 6.19. The number of benzene rings is 2. The van der Waals surface area contributed by atoms with Crippen LogP contribution in [0.3, 0.4) is 0 Å². The lowest BCUT2D eigenvalue weighted by Crippen LogP contribution is -2.46. The van der Waals surface area contributed by atoms with Crippen molar-refractivity contribution < 1.29 is 17.9 Å². The SMILES string of the molecule is CCOc1ccc(S(=O)(=O)N2CCC(C(=O)N3c4ccccc4C[C@H]3C)CC2)cc1Cl. The summed E-state index contributed by atoms with van der Waals surface area (Å²) in [6.07, 6.45) is 1.87. The standard InChI is InChI=1S/C23H27ClN2O4S/c1-3-30-22-9-8-19(15-20(22)24)31(28,29)25-12-10-17(11-13-25)23(27)26-16(2)14-18-6-4-5-7-21(18)26/h4-9,15-17H,3,10-14H2,1-2H3/t16-/m1/s1. The first kappa shape index (κ1) is 22.1. The second kappa shape index (κ2) is 8.81. The maximum Gasteiger partial charge on any atom is 0.243 e. The largest absolute Gasteiger partial charge is 0.492 e. The van der Waals surface area contributed by atoms with E-state index < -0.39 is 10.0 Å². The molecule has 8 heteroatoms. The maximum absolute atomic E-state index is 13.3. The number of carbonyl (C=O) groups excluding carboxylic acids is 1. The molecule has 1 atom stereocenters. The van der Waals surface area contributed by atoms with E-state index in [1.807, 2.05) is 30.0 Å². The van der Waals surface area contributed by atoms with Gasteiger partial charge in [0.25, 0.3) is 0 Å². The highest BCUT2D eigenvalue weighted by molar-refractivity contribution is 7.89. The zero-order valence-corrected chi connectivity index (χ0v) is 19.3. The Balaban J connectivity index is 1.45. The van der Waals surface area contributed by atoms with Crippen molar-refractivity contribution >= 4 is 33.2 Å². The molecule has 166 valence electrons. The highest BCUT2D eigenvalue weighted by Gasteiger charge is 2.38. The molecule has 0 saturated carbocycles. The van der Waals surface area contributed by atoms with Crippen LogP contribution in [0.4, 0.5) is 5.69 Å². The molecule has 1 saturated heterocycles. The van der Waals surface area contributed by atoms with Crippen LogP contribution in [0.2, 0.25) is 5.02 Å². The molecule has 1 amide bonds. The quantitative estimate of drug-likeness (QED) is 0.670. The smallest absolute Gasteiger partial charge is 0.243 e. The lowest BCUT2D eigenvalue weighted by Gasteiger charge is -2.34. The van der Waals surface area contributed by atoms with Gasteiger partial charge in [0.15, 0.2) is 0 Å². The number of rotatable bonds is 5. The van der Waals surface area contributed by atoms with Crippen molar-refractivity contribution in [1.82, 2.24) is 4.31 Å². The molecule has 0 spiro atoms. The van der Waals surface area contributed by atoms with Gasteiger partial charge in [0.05, 0.1) is 16.5 Å². The van der Waals surface area contributed by atoms with Gasteiger partial charge in [-0.05, 0) is 62.9 Å². The van der Waals surface area contributed by atoms with Crippen molar-refractivity contribution in [2.24, 2.45) is 5.92 Å². The average molecular weight is 463 g/mol. The minimum absolute atomic E-state index is 0.0959. The Hall–Kier alpha value is -2.09. The monoisotopic (exact) mass is 462 g/mol. The van der Waals surface area contributed by atoms with Gasteiger partial charge in [-0.3, -0.25) is 4.79 Å². The zero-order chi connectivity index (χ0) is 22.2. The molecule has 4 rings (SSSR count). The second-order valence-corrected chi connectivity index (χ2v) is 10.4. The van der Waals surface area contributed by atoms with Crippen LogP contribution in [0.5, 0.6) is 5.75 Å².